The normalized spacial score (nSPS) is 11.5. The summed E-state index contributed by atoms with van der Waals surface area (Å²) in [4.78, 5) is 25.6. The number of carbonyl (C=O) groups is 2. The average Bonchev–Trinajstić information content (AvgIpc) is 2.70. The number of nitrogens with one attached hydrogen (secondary N) is 2. The third-order valence-electron chi connectivity index (χ3n) is 4.22. The molecule has 0 aliphatic rings. The Bertz CT molecular complexity index is 1010. The molecule has 0 saturated carbocycles. The van der Waals surface area contributed by atoms with Crippen molar-refractivity contribution in [2.24, 2.45) is 0 Å². The van der Waals surface area contributed by atoms with Gasteiger partial charge >= 0.3 is 0 Å². The van der Waals surface area contributed by atoms with Crippen molar-refractivity contribution in [3.05, 3.63) is 93.4 Å². The second kappa shape index (κ2) is 9.58. The second-order valence-electron chi connectivity index (χ2n) is 6.37. The summed E-state index contributed by atoms with van der Waals surface area (Å²) in [6, 6.07) is 19.9. The first-order valence-electron chi connectivity index (χ1n) is 8.82. The number of hydrogen-bond donors (Lipinski definition) is 3. The molecule has 2 amide bonds. The highest BCUT2D eigenvalue weighted by atomic mass is 79.9. The zero-order valence-corrected chi connectivity index (χ0v) is 17.6. The topological polar surface area (TPSA) is 78.4 Å². The number of aromatic hydroxyl groups is 1. The lowest BCUT2D eigenvalue weighted by Gasteiger charge is -2.19. The maximum absolute atomic E-state index is 12.9. The van der Waals surface area contributed by atoms with Crippen molar-refractivity contribution >= 4 is 45.0 Å². The summed E-state index contributed by atoms with van der Waals surface area (Å²) in [6.45, 7) is 0. The molecule has 0 fully saturated rings. The molecule has 0 saturated heterocycles. The van der Waals surface area contributed by atoms with E-state index in [1.807, 2.05) is 42.5 Å². The number of amides is 2. The van der Waals surface area contributed by atoms with Gasteiger partial charge in [0.2, 0.25) is 5.91 Å². The smallest absolute Gasteiger partial charge is 0.255 e. The molecule has 0 unspecified atom stereocenters. The first-order valence-corrected chi connectivity index (χ1v) is 9.99. The van der Waals surface area contributed by atoms with Crippen LogP contribution in [0.3, 0.4) is 0 Å². The van der Waals surface area contributed by atoms with Gasteiger partial charge in [0.1, 0.15) is 11.8 Å². The Morgan fingerprint density at radius 2 is 1.69 bits per heavy atom. The van der Waals surface area contributed by atoms with Gasteiger partial charge < -0.3 is 15.7 Å². The van der Waals surface area contributed by atoms with Crippen molar-refractivity contribution in [1.29, 1.82) is 0 Å². The van der Waals surface area contributed by atoms with Gasteiger partial charge in [0.25, 0.3) is 5.91 Å². The Hall–Kier alpha value is -2.83. The Balaban J connectivity index is 1.80. The van der Waals surface area contributed by atoms with E-state index in [2.05, 4.69) is 26.6 Å². The van der Waals surface area contributed by atoms with Gasteiger partial charge in [0.15, 0.2) is 0 Å². The quantitative estimate of drug-likeness (QED) is 0.482. The van der Waals surface area contributed by atoms with Gasteiger partial charge in [-0.25, -0.2) is 0 Å². The third kappa shape index (κ3) is 5.82. The molecule has 148 valence electrons. The minimum atomic E-state index is -0.844. The molecule has 0 radical (unpaired) electrons. The van der Waals surface area contributed by atoms with E-state index in [1.54, 1.807) is 12.1 Å². The fourth-order valence-corrected chi connectivity index (χ4v) is 3.19. The molecule has 0 aromatic heterocycles. The van der Waals surface area contributed by atoms with Crippen LogP contribution in [0.2, 0.25) is 5.02 Å². The molecule has 3 rings (SSSR count). The summed E-state index contributed by atoms with van der Waals surface area (Å²) in [7, 11) is 0. The molecule has 3 N–H and O–H groups in total. The predicted octanol–water partition coefficient (Wildman–Crippen LogP) is 4.79. The lowest BCUT2D eigenvalue weighted by Crippen LogP contribution is -2.45. The molecule has 0 aliphatic heterocycles. The maximum atomic E-state index is 12.9. The fourth-order valence-electron chi connectivity index (χ4n) is 2.75. The summed E-state index contributed by atoms with van der Waals surface area (Å²) in [5, 5.41) is 15.8. The Kier molecular flexibility index (Phi) is 6.90. The van der Waals surface area contributed by atoms with Crippen molar-refractivity contribution in [3.63, 3.8) is 0 Å². The zero-order chi connectivity index (χ0) is 20.8. The standard InChI is InChI=1S/C22H18BrClN2O3/c23-15-6-9-17(10-7-15)25-22(29)19(12-14-4-2-1-3-5-14)26-21(28)18-11-8-16(24)13-20(18)27/h1-11,13,19,27H,12H2,(H,25,29)(H,26,28)/t19-/m0/s1. The van der Waals surface area contributed by atoms with Crippen LogP contribution in [0.25, 0.3) is 0 Å². The van der Waals surface area contributed by atoms with Crippen molar-refractivity contribution in [2.75, 3.05) is 5.32 Å². The molecule has 7 heteroatoms. The Labute approximate surface area is 181 Å². The molecule has 5 nitrogen and oxygen atoms in total. The molecule has 0 bridgehead atoms. The van der Waals surface area contributed by atoms with Crippen LogP contribution in [-0.4, -0.2) is 23.0 Å². The molecule has 0 spiro atoms. The van der Waals surface area contributed by atoms with Crippen LogP contribution in [0.4, 0.5) is 5.69 Å². The van der Waals surface area contributed by atoms with E-state index in [1.165, 1.54) is 18.2 Å². The van der Waals surface area contributed by atoms with Crippen LogP contribution in [0.1, 0.15) is 15.9 Å². The monoisotopic (exact) mass is 472 g/mol. The number of hydrogen-bond acceptors (Lipinski definition) is 3. The molecule has 0 heterocycles. The van der Waals surface area contributed by atoms with Gasteiger partial charge in [-0.05, 0) is 48.0 Å². The first kappa shape index (κ1) is 20.9. The Morgan fingerprint density at radius 1 is 1.00 bits per heavy atom. The summed E-state index contributed by atoms with van der Waals surface area (Å²) >= 11 is 9.18. The van der Waals surface area contributed by atoms with E-state index in [9.17, 15) is 14.7 Å². The number of phenols is 1. The van der Waals surface area contributed by atoms with Crippen molar-refractivity contribution in [3.8, 4) is 5.75 Å². The van der Waals surface area contributed by atoms with Gasteiger partial charge in [0, 0.05) is 21.6 Å². The number of benzene rings is 3. The zero-order valence-electron chi connectivity index (χ0n) is 15.2. The molecule has 3 aromatic rings. The lowest BCUT2D eigenvalue weighted by atomic mass is 10.0. The van der Waals surface area contributed by atoms with E-state index in [4.69, 9.17) is 11.6 Å². The van der Waals surface area contributed by atoms with Gasteiger partial charge in [0.05, 0.1) is 5.56 Å². The van der Waals surface area contributed by atoms with Crippen molar-refractivity contribution in [1.82, 2.24) is 5.32 Å². The summed E-state index contributed by atoms with van der Waals surface area (Å²) < 4.78 is 0.892. The summed E-state index contributed by atoms with van der Waals surface area (Å²) in [5.74, 6) is -1.18. The molecular formula is C22H18BrClN2O3. The first-order chi connectivity index (χ1) is 13.9. The van der Waals surface area contributed by atoms with Gasteiger partial charge in [-0.3, -0.25) is 9.59 Å². The minimum absolute atomic E-state index is 0.0453. The lowest BCUT2D eigenvalue weighted by molar-refractivity contribution is -0.118. The van der Waals surface area contributed by atoms with Crippen LogP contribution in [0.5, 0.6) is 5.75 Å². The van der Waals surface area contributed by atoms with Crippen LogP contribution >= 0.6 is 27.5 Å². The van der Waals surface area contributed by atoms with Gasteiger partial charge in [-0.2, -0.15) is 0 Å². The highest BCUT2D eigenvalue weighted by Gasteiger charge is 2.23. The van der Waals surface area contributed by atoms with Gasteiger partial charge in [-0.15, -0.1) is 0 Å². The number of phenolic OH excluding ortho intramolecular Hbond substituents is 1. The fraction of sp³-hybridized carbons (Fsp3) is 0.0909. The van der Waals surface area contributed by atoms with E-state index < -0.39 is 11.9 Å². The minimum Gasteiger partial charge on any atom is -0.507 e. The average molecular weight is 474 g/mol. The largest absolute Gasteiger partial charge is 0.507 e. The third-order valence-corrected chi connectivity index (χ3v) is 4.98. The van der Waals surface area contributed by atoms with Crippen molar-refractivity contribution in [2.45, 2.75) is 12.5 Å². The molecular weight excluding hydrogens is 456 g/mol. The van der Waals surface area contributed by atoms with E-state index in [0.717, 1.165) is 10.0 Å². The maximum Gasteiger partial charge on any atom is 0.255 e. The number of halogens is 2. The van der Waals surface area contributed by atoms with Crippen LogP contribution in [-0.2, 0) is 11.2 Å². The number of carbonyl (C=O) groups excluding carboxylic acids is 2. The highest BCUT2D eigenvalue weighted by molar-refractivity contribution is 9.10. The van der Waals surface area contributed by atoms with Crippen LogP contribution < -0.4 is 10.6 Å². The summed E-state index contributed by atoms with van der Waals surface area (Å²) in [6.07, 6.45) is 0.295. The van der Waals surface area contributed by atoms with E-state index in [0.29, 0.717) is 17.1 Å². The highest BCUT2D eigenvalue weighted by Crippen LogP contribution is 2.22. The SMILES string of the molecule is O=C(N[C@@H](Cc1ccccc1)C(=O)Nc1ccc(Br)cc1)c1ccc(Cl)cc1O. The number of anilines is 1. The molecule has 0 aliphatic carbocycles. The molecule has 29 heavy (non-hydrogen) atoms. The Morgan fingerprint density at radius 3 is 2.34 bits per heavy atom. The summed E-state index contributed by atoms with van der Waals surface area (Å²) in [5.41, 5.74) is 1.55. The van der Waals surface area contributed by atoms with Crippen molar-refractivity contribution < 1.29 is 14.7 Å². The number of rotatable bonds is 6. The second-order valence-corrected chi connectivity index (χ2v) is 7.73. The van der Waals surface area contributed by atoms with Crippen LogP contribution in [0.15, 0.2) is 77.3 Å². The van der Waals surface area contributed by atoms with Gasteiger partial charge in [-0.1, -0.05) is 57.9 Å². The van der Waals surface area contributed by atoms with E-state index >= 15 is 0 Å². The molecule has 3 aromatic carbocycles. The van der Waals surface area contributed by atoms with E-state index in [-0.39, 0.29) is 17.2 Å². The molecule has 1 atom stereocenters. The predicted molar refractivity (Wildman–Crippen MR) is 117 cm³/mol. The van der Waals surface area contributed by atoms with Crippen LogP contribution in [0, 0.1) is 0 Å².